The molecule has 234 valence electrons. The molecule has 0 aliphatic carbocycles. The van der Waals surface area contributed by atoms with Crippen LogP contribution >= 0.6 is 0 Å². The number of ether oxygens (including phenoxy) is 4. The average molecular weight is 595 g/mol. The predicted molar refractivity (Wildman–Crippen MR) is 169 cm³/mol. The van der Waals surface area contributed by atoms with E-state index in [2.05, 4.69) is 101 Å². The zero-order valence-corrected chi connectivity index (χ0v) is 27.7. The van der Waals surface area contributed by atoms with Crippen molar-refractivity contribution in [2.24, 2.45) is 0 Å². The van der Waals surface area contributed by atoms with Crippen LogP contribution < -0.4 is 18.9 Å². The third-order valence-electron chi connectivity index (χ3n) is 7.66. The molecule has 0 N–H and O–H groups in total. The third-order valence-corrected chi connectivity index (χ3v) is 7.66. The highest BCUT2D eigenvalue weighted by molar-refractivity contribution is 5.52. The second-order valence-electron chi connectivity index (χ2n) is 15.3. The molecule has 0 amide bonds. The van der Waals surface area contributed by atoms with Crippen molar-refractivity contribution in [2.45, 2.75) is 117 Å². The van der Waals surface area contributed by atoms with Crippen LogP contribution in [0.1, 0.15) is 104 Å². The van der Waals surface area contributed by atoms with E-state index in [9.17, 15) is 8.78 Å². The van der Waals surface area contributed by atoms with Gasteiger partial charge in [-0.1, -0.05) is 111 Å². The zero-order chi connectivity index (χ0) is 32.0. The van der Waals surface area contributed by atoms with Crippen molar-refractivity contribution in [1.82, 2.24) is 0 Å². The first kappa shape index (κ1) is 32.6. The Labute approximate surface area is 256 Å². The first-order valence-corrected chi connectivity index (χ1v) is 15.1. The van der Waals surface area contributed by atoms with E-state index in [4.69, 9.17) is 9.47 Å². The molecule has 0 atom stereocenters. The summed E-state index contributed by atoms with van der Waals surface area (Å²) in [6, 6.07) is 17.9. The highest BCUT2D eigenvalue weighted by atomic mass is 19.3. The molecule has 0 unspecified atom stereocenters. The lowest BCUT2D eigenvalue weighted by Crippen LogP contribution is -2.26. The van der Waals surface area contributed by atoms with Crippen molar-refractivity contribution < 1.29 is 27.7 Å². The van der Waals surface area contributed by atoms with Crippen molar-refractivity contribution in [3.63, 3.8) is 0 Å². The second-order valence-corrected chi connectivity index (χ2v) is 15.3. The van der Waals surface area contributed by atoms with E-state index in [0.717, 1.165) is 36.5 Å². The van der Waals surface area contributed by atoms with Gasteiger partial charge in [-0.15, -0.1) is 8.78 Å². The van der Waals surface area contributed by atoms with E-state index < -0.39 is 6.29 Å². The van der Waals surface area contributed by atoms with Gasteiger partial charge < -0.3 is 18.9 Å². The van der Waals surface area contributed by atoms with Gasteiger partial charge in [0.15, 0.2) is 11.5 Å². The third kappa shape index (κ3) is 7.63. The van der Waals surface area contributed by atoms with Crippen LogP contribution in [-0.4, -0.2) is 18.5 Å². The van der Waals surface area contributed by atoms with Gasteiger partial charge in [0.1, 0.15) is 17.1 Å². The van der Waals surface area contributed by atoms with Crippen LogP contribution in [0.5, 0.6) is 23.0 Å². The lowest BCUT2D eigenvalue weighted by Gasteiger charge is -2.24. The fourth-order valence-corrected chi connectivity index (χ4v) is 5.57. The van der Waals surface area contributed by atoms with Gasteiger partial charge in [-0.05, 0) is 58.4 Å². The molecule has 0 aromatic heterocycles. The van der Waals surface area contributed by atoms with Gasteiger partial charge in [-0.3, -0.25) is 0 Å². The molecule has 6 heteroatoms. The molecule has 0 saturated heterocycles. The molecular weight excluding hydrogens is 546 g/mol. The van der Waals surface area contributed by atoms with Crippen LogP contribution in [-0.2, 0) is 29.1 Å². The van der Waals surface area contributed by atoms with Crippen molar-refractivity contribution in [2.75, 3.05) is 6.61 Å². The summed E-state index contributed by atoms with van der Waals surface area (Å²) in [5, 5.41) is 0. The topological polar surface area (TPSA) is 36.9 Å². The van der Waals surface area contributed by atoms with Crippen LogP contribution in [0.15, 0.2) is 54.6 Å². The minimum absolute atomic E-state index is 0.0380. The van der Waals surface area contributed by atoms with E-state index >= 15 is 0 Å². The fourth-order valence-electron chi connectivity index (χ4n) is 5.57. The molecule has 0 spiro atoms. The van der Waals surface area contributed by atoms with Crippen molar-refractivity contribution in [3.05, 3.63) is 82.4 Å². The molecule has 3 aliphatic heterocycles. The zero-order valence-electron chi connectivity index (χ0n) is 27.7. The quantitative estimate of drug-likeness (QED) is 0.260. The standard InChI is InChI=1S/C14H20O.C12H16O.C11H12F2O2/c1-13(2,3)11-8-6-7-10-9-14(4,5)15-12(10)11;1-12(2,3)10-6-4-5-9-7-8-13-11(9)10;1-10(2,3)7-5-4-6-8-9(7)15-11(12,13)14-8/h6-8H,9H2,1-5H3;4-6H,7-8H2,1-3H3;4-6H,1-3H3. The largest absolute Gasteiger partial charge is 0.586 e. The summed E-state index contributed by atoms with van der Waals surface area (Å²) in [6.07, 6.45) is -1.45. The summed E-state index contributed by atoms with van der Waals surface area (Å²) >= 11 is 0. The van der Waals surface area contributed by atoms with Gasteiger partial charge in [0, 0.05) is 18.4 Å². The molecule has 0 fully saturated rings. The fraction of sp³-hybridized carbons (Fsp3) is 0.514. The van der Waals surface area contributed by atoms with Gasteiger partial charge in [-0.2, -0.15) is 0 Å². The Morgan fingerprint density at radius 3 is 1.63 bits per heavy atom. The summed E-state index contributed by atoms with van der Waals surface area (Å²) in [4.78, 5) is 0. The molecule has 0 saturated carbocycles. The Kier molecular flexibility index (Phi) is 8.60. The van der Waals surface area contributed by atoms with Gasteiger partial charge in [0.2, 0.25) is 0 Å². The molecule has 0 radical (unpaired) electrons. The number of alkyl halides is 2. The first-order valence-electron chi connectivity index (χ1n) is 15.1. The molecule has 3 aliphatic rings. The molecule has 3 aromatic carbocycles. The van der Waals surface area contributed by atoms with Crippen LogP contribution in [0.3, 0.4) is 0 Å². The van der Waals surface area contributed by atoms with Gasteiger partial charge in [0.25, 0.3) is 0 Å². The number of fused-ring (bicyclic) bond motifs is 3. The molecule has 0 bridgehead atoms. The molecule has 4 nitrogen and oxygen atoms in total. The maximum atomic E-state index is 12.9. The molecule has 3 aromatic rings. The lowest BCUT2D eigenvalue weighted by molar-refractivity contribution is -0.287. The summed E-state index contributed by atoms with van der Waals surface area (Å²) in [5.41, 5.74) is 6.16. The molecular formula is C37H48F2O4. The van der Waals surface area contributed by atoms with E-state index in [1.165, 1.54) is 28.3 Å². The first-order chi connectivity index (χ1) is 19.7. The molecule has 3 heterocycles. The predicted octanol–water partition coefficient (Wildman–Crippen LogP) is 9.92. The number of hydrogen-bond acceptors (Lipinski definition) is 4. The maximum Gasteiger partial charge on any atom is 0.586 e. The highest BCUT2D eigenvalue weighted by Crippen LogP contribution is 2.47. The number of rotatable bonds is 0. The second kappa shape index (κ2) is 11.3. The number of para-hydroxylation sites is 3. The Hall–Kier alpha value is -3.28. The monoisotopic (exact) mass is 594 g/mol. The smallest absolute Gasteiger partial charge is 0.493 e. The summed E-state index contributed by atoms with van der Waals surface area (Å²) < 4.78 is 46.3. The van der Waals surface area contributed by atoms with Crippen LogP contribution in [0.4, 0.5) is 8.78 Å². The van der Waals surface area contributed by atoms with Crippen molar-refractivity contribution in [3.8, 4) is 23.0 Å². The average Bonchev–Trinajstić information content (AvgIpc) is 3.54. The number of halogens is 2. The Balaban J connectivity index is 0.000000148. The van der Waals surface area contributed by atoms with E-state index in [-0.39, 0.29) is 33.3 Å². The van der Waals surface area contributed by atoms with E-state index in [1.807, 2.05) is 20.8 Å². The Morgan fingerprint density at radius 1 is 0.581 bits per heavy atom. The van der Waals surface area contributed by atoms with Crippen LogP contribution in [0.25, 0.3) is 0 Å². The summed E-state index contributed by atoms with van der Waals surface area (Å²) in [5.74, 6) is 2.51. The highest BCUT2D eigenvalue weighted by Gasteiger charge is 2.45. The van der Waals surface area contributed by atoms with Gasteiger partial charge >= 0.3 is 6.29 Å². The lowest BCUT2D eigenvalue weighted by atomic mass is 9.85. The summed E-state index contributed by atoms with van der Waals surface area (Å²) in [6.45, 7) is 24.3. The Morgan fingerprint density at radius 2 is 1.07 bits per heavy atom. The number of hydrogen-bond donors (Lipinski definition) is 0. The van der Waals surface area contributed by atoms with Gasteiger partial charge in [0.05, 0.1) is 6.61 Å². The van der Waals surface area contributed by atoms with Crippen molar-refractivity contribution >= 4 is 0 Å². The van der Waals surface area contributed by atoms with Crippen LogP contribution in [0.2, 0.25) is 0 Å². The minimum Gasteiger partial charge on any atom is -0.493 e. The van der Waals surface area contributed by atoms with E-state index in [0.29, 0.717) is 0 Å². The van der Waals surface area contributed by atoms with Crippen molar-refractivity contribution in [1.29, 1.82) is 0 Å². The van der Waals surface area contributed by atoms with Gasteiger partial charge in [-0.25, -0.2) is 0 Å². The Bertz CT molecular complexity index is 1380. The maximum absolute atomic E-state index is 12.9. The minimum atomic E-state index is -3.54. The number of benzene rings is 3. The van der Waals surface area contributed by atoms with Crippen LogP contribution in [0, 0.1) is 0 Å². The van der Waals surface area contributed by atoms with E-state index in [1.54, 1.807) is 12.1 Å². The summed E-state index contributed by atoms with van der Waals surface area (Å²) in [7, 11) is 0. The molecule has 43 heavy (non-hydrogen) atoms. The normalized spacial score (nSPS) is 17.3. The SMILES string of the molecule is CC(C)(C)c1cccc2c1OC(F)(F)O2.CC(C)(C)c1cccc2c1OCC2.CC1(C)Cc2cccc(C(C)(C)C)c2O1. The molecule has 6 rings (SSSR count).